The van der Waals surface area contributed by atoms with Gasteiger partial charge in [0.2, 0.25) is 41.4 Å². The first kappa shape index (κ1) is 53.4. The van der Waals surface area contributed by atoms with Crippen molar-refractivity contribution in [2.75, 3.05) is 78.3 Å². The molecule has 352 valence electrons. The number of primary amides is 1. The lowest BCUT2D eigenvalue weighted by atomic mass is 10.0. The molecule has 2 unspecified atom stereocenters. The third kappa shape index (κ3) is 21.8. The quantitative estimate of drug-likeness (QED) is 0.0274. The predicted molar refractivity (Wildman–Crippen MR) is 225 cm³/mol. The van der Waals surface area contributed by atoms with Gasteiger partial charge < -0.3 is 61.3 Å². The van der Waals surface area contributed by atoms with Gasteiger partial charge in [0.1, 0.15) is 31.3 Å². The molecule has 0 spiro atoms. The van der Waals surface area contributed by atoms with Crippen molar-refractivity contribution in [3.63, 3.8) is 0 Å². The summed E-state index contributed by atoms with van der Waals surface area (Å²) in [6, 6.07) is 1.96. The third-order valence-corrected chi connectivity index (χ3v) is 9.34. The number of esters is 1. The summed E-state index contributed by atoms with van der Waals surface area (Å²) in [5.41, 5.74) is 6.22. The second-order valence-electron chi connectivity index (χ2n) is 15.0. The maximum absolute atomic E-state index is 13.9. The monoisotopic (exact) mass is 892 g/mol. The number of carbonyl (C=O) groups is 9. The highest BCUT2D eigenvalue weighted by molar-refractivity contribution is 6.06. The van der Waals surface area contributed by atoms with E-state index in [0.717, 1.165) is 4.90 Å². The molecule has 8 N–H and O–H groups in total. The minimum atomic E-state index is -1.34. The van der Waals surface area contributed by atoms with E-state index in [0.29, 0.717) is 44.3 Å². The maximum Gasteiger partial charge on any atom is 0.312 e. The van der Waals surface area contributed by atoms with E-state index in [1.807, 2.05) is 0 Å². The molecule has 0 aliphatic carbocycles. The molecule has 0 radical (unpaired) electrons. The Balaban J connectivity index is 2.10. The number of ether oxygens (including phenoxy) is 5. The Morgan fingerprint density at radius 1 is 0.762 bits per heavy atom. The molecule has 4 atom stereocenters. The van der Waals surface area contributed by atoms with Gasteiger partial charge in [0, 0.05) is 51.6 Å². The lowest BCUT2D eigenvalue weighted by Crippen LogP contribution is -2.58. The molecular weight excluding hydrogens is 828 g/mol. The fraction of sp³-hybridized carbons (Fsp3) is 0.634. The van der Waals surface area contributed by atoms with Crippen LogP contribution in [-0.2, 0) is 68.6 Å². The zero-order chi connectivity index (χ0) is 46.7. The molecule has 22 nitrogen and oxygen atoms in total. The number of carbonyl (C=O) groups excluding carboxylic acids is 9. The van der Waals surface area contributed by atoms with Crippen molar-refractivity contribution in [2.45, 2.75) is 84.5 Å². The highest BCUT2D eigenvalue weighted by Crippen LogP contribution is 2.18. The van der Waals surface area contributed by atoms with Gasteiger partial charge in [0.05, 0.1) is 46.2 Å². The molecule has 1 aliphatic rings. The summed E-state index contributed by atoms with van der Waals surface area (Å²) in [5, 5.41) is 15.7. The smallest absolute Gasteiger partial charge is 0.312 e. The van der Waals surface area contributed by atoms with E-state index in [1.54, 1.807) is 52.1 Å². The van der Waals surface area contributed by atoms with Gasteiger partial charge in [-0.3, -0.25) is 43.3 Å². The Bertz CT molecular complexity index is 1680. The molecule has 1 saturated heterocycles. The maximum atomic E-state index is 13.9. The summed E-state index contributed by atoms with van der Waals surface area (Å²) >= 11 is 0. The van der Waals surface area contributed by atoms with Crippen LogP contribution in [0.4, 0.5) is 10.5 Å². The molecule has 1 aliphatic heterocycles. The lowest BCUT2D eigenvalue weighted by molar-refractivity contribution is -0.143. The number of anilines is 1. The fourth-order valence-corrected chi connectivity index (χ4v) is 5.90. The molecule has 2 rings (SSSR count). The Kier molecular flexibility index (Phi) is 25.1. The summed E-state index contributed by atoms with van der Waals surface area (Å²) in [5.74, 6) is -6.03. The fourth-order valence-electron chi connectivity index (χ4n) is 5.90. The van der Waals surface area contributed by atoms with Crippen LogP contribution in [0.25, 0.3) is 0 Å². The number of urea groups is 1. The number of imide groups is 1. The van der Waals surface area contributed by atoms with Crippen molar-refractivity contribution in [1.29, 1.82) is 0 Å². The SMILES string of the molecule is COCCOCCOCCOCCC(=O)NCC[C@H](NC(=O)CN1C(=O)CC(C)C1=O)C(=O)N[C@H](C(=O)NC(CCCNC(N)=O)C(=O)Nc1ccc(COC(C)=O)cc1)C(C)C. The number of nitrogens with two attached hydrogens (primary N) is 1. The van der Waals surface area contributed by atoms with Crippen molar-refractivity contribution < 1.29 is 66.8 Å². The van der Waals surface area contributed by atoms with Crippen LogP contribution in [0.2, 0.25) is 0 Å². The molecule has 1 heterocycles. The number of nitrogens with one attached hydrogen (secondary N) is 6. The van der Waals surface area contributed by atoms with Crippen LogP contribution in [0.3, 0.4) is 0 Å². The Labute approximate surface area is 367 Å². The first-order valence-electron chi connectivity index (χ1n) is 20.8. The van der Waals surface area contributed by atoms with E-state index >= 15 is 0 Å². The molecule has 1 aromatic rings. The van der Waals surface area contributed by atoms with Gasteiger partial charge in [-0.15, -0.1) is 0 Å². The number of amides is 9. The number of hydrogen-bond acceptors (Lipinski definition) is 14. The van der Waals surface area contributed by atoms with Crippen LogP contribution in [-0.4, -0.2) is 149 Å². The van der Waals surface area contributed by atoms with Gasteiger partial charge in [-0.25, -0.2) is 4.79 Å². The number of hydrogen-bond donors (Lipinski definition) is 7. The van der Waals surface area contributed by atoms with Gasteiger partial charge in [-0.2, -0.15) is 0 Å². The zero-order valence-electron chi connectivity index (χ0n) is 36.7. The lowest BCUT2D eigenvalue weighted by Gasteiger charge is -2.27. The molecule has 63 heavy (non-hydrogen) atoms. The molecule has 22 heteroatoms. The number of rotatable bonds is 31. The van der Waals surface area contributed by atoms with Crippen molar-refractivity contribution in [1.82, 2.24) is 31.5 Å². The molecular formula is C41H64N8O14. The van der Waals surface area contributed by atoms with Crippen LogP contribution < -0.4 is 37.6 Å². The van der Waals surface area contributed by atoms with Crippen LogP contribution >= 0.6 is 0 Å². The average Bonchev–Trinajstić information content (AvgIpc) is 3.47. The molecule has 9 amide bonds. The van der Waals surface area contributed by atoms with Crippen LogP contribution in [0.5, 0.6) is 0 Å². The zero-order valence-corrected chi connectivity index (χ0v) is 36.7. The van der Waals surface area contributed by atoms with Gasteiger partial charge in [0.25, 0.3) is 0 Å². The number of benzene rings is 1. The molecule has 0 saturated carbocycles. The number of nitrogens with zero attached hydrogens (tertiary/aromatic N) is 1. The average molecular weight is 893 g/mol. The van der Waals surface area contributed by atoms with Crippen LogP contribution in [0.15, 0.2) is 24.3 Å². The first-order valence-corrected chi connectivity index (χ1v) is 20.8. The van der Waals surface area contributed by atoms with E-state index in [9.17, 15) is 43.2 Å². The van der Waals surface area contributed by atoms with E-state index in [2.05, 4.69) is 31.9 Å². The van der Waals surface area contributed by atoms with Gasteiger partial charge in [-0.05, 0) is 42.9 Å². The second-order valence-corrected chi connectivity index (χ2v) is 15.0. The number of methoxy groups -OCH3 is 1. The predicted octanol–water partition coefficient (Wildman–Crippen LogP) is -0.765. The van der Waals surface area contributed by atoms with Gasteiger partial charge in [-0.1, -0.05) is 32.9 Å². The summed E-state index contributed by atoms with van der Waals surface area (Å²) in [4.78, 5) is 115. The van der Waals surface area contributed by atoms with E-state index in [1.165, 1.54) is 6.92 Å². The van der Waals surface area contributed by atoms with E-state index in [4.69, 9.17) is 29.4 Å². The normalized spacial score (nSPS) is 15.0. The van der Waals surface area contributed by atoms with Crippen molar-refractivity contribution in [2.24, 2.45) is 17.6 Å². The standard InChI is InChI=1S/C41H64N8O14/c1-26(2)36(39(56)47-31(7-6-14-44-41(42)58)37(54)45-30-10-8-29(9-11-30)25-63-28(4)50)48-38(55)32(46-34(52)24-49-35(53)23-27(3)40(49)57)12-15-43-33(51)13-16-60-19-20-62-22-21-61-18-17-59-5/h8-11,26-27,31-32,36H,6-7,12-25H2,1-5H3,(H,43,51)(H,45,54)(H,46,52)(H,47,56)(H,48,55)(H3,42,44,58)/t27?,31?,32-,36-/m0/s1. The third-order valence-electron chi connectivity index (χ3n) is 9.34. The highest BCUT2D eigenvalue weighted by atomic mass is 16.6. The summed E-state index contributed by atoms with van der Waals surface area (Å²) in [6.45, 7) is 7.93. The number of likely N-dealkylation sites (tertiary alicyclic amines) is 1. The highest BCUT2D eigenvalue weighted by Gasteiger charge is 2.37. The topological polar surface area (TPSA) is 301 Å². The minimum Gasteiger partial charge on any atom is -0.461 e. The molecule has 0 aromatic heterocycles. The largest absolute Gasteiger partial charge is 0.461 e. The second kappa shape index (κ2) is 29.6. The van der Waals surface area contributed by atoms with Crippen molar-refractivity contribution >= 4 is 59.0 Å². The van der Waals surface area contributed by atoms with Gasteiger partial charge >= 0.3 is 12.0 Å². The van der Waals surface area contributed by atoms with Gasteiger partial charge in [0.15, 0.2) is 0 Å². The summed E-state index contributed by atoms with van der Waals surface area (Å²) in [6.07, 6.45) is 0.0705. The van der Waals surface area contributed by atoms with Crippen molar-refractivity contribution in [3.8, 4) is 0 Å². The van der Waals surface area contributed by atoms with Crippen LogP contribution in [0.1, 0.15) is 65.4 Å². The molecule has 1 aromatic carbocycles. The van der Waals surface area contributed by atoms with Crippen molar-refractivity contribution in [3.05, 3.63) is 29.8 Å². The summed E-state index contributed by atoms with van der Waals surface area (Å²) < 4.78 is 26.0. The van der Waals surface area contributed by atoms with E-state index < -0.39 is 89.9 Å². The Morgan fingerprint density at radius 2 is 1.38 bits per heavy atom. The first-order chi connectivity index (χ1) is 30.0. The Morgan fingerprint density at radius 3 is 1.95 bits per heavy atom. The molecule has 1 fully saturated rings. The molecule has 0 bridgehead atoms. The Hall–Kier alpha value is -5.71. The van der Waals surface area contributed by atoms with E-state index in [-0.39, 0.29) is 65.0 Å². The minimum absolute atomic E-state index is 0.00889. The van der Waals surface area contributed by atoms with Crippen LogP contribution in [0, 0.1) is 11.8 Å². The summed E-state index contributed by atoms with van der Waals surface area (Å²) in [7, 11) is 1.58.